The number of nitrogens with zero attached hydrogens (tertiary/aromatic N) is 2. The van der Waals surface area contributed by atoms with Gasteiger partial charge in [-0.25, -0.2) is 9.07 Å². The normalized spacial score (nSPS) is 12.0. The van der Waals surface area contributed by atoms with Crippen molar-refractivity contribution >= 4 is 0 Å². The highest BCUT2D eigenvalue weighted by Gasteiger charge is 2.17. The summed E-state index contributed by atoms with van der Waals surface area (Å²) in [5, 5.41) is 3.84. The number of alkyl halides is 1. The molecule has 0 bridgehead atoms. The Morgan fingerprint density at radius 2 is 2.18 bits per heavy atom. The second-order valence-corrected chi connectivity index (χ2v) is 3.59. The summed E-state index contributed by atoms with van der Waals surface area (Å²) >= 11 is 0. The monoisotopic (exact) mass is 156 g/mol. The van der Waals surface area contributed by atoms with Crippen molar-refractivity contribution in [1.82, 2.24) is 9.78 Å². The van der Waals surface area contributed by atoms with E-state index in [1.165, 1.54) is 4.68 Å². The SMILES string of the molecule is CC(C)(C)c1ccnn1CF. The largest absolute Gasteiger partial charge is 0.238 e. The molecule has 1 aromatic heterocycles. The van der Waals surface area contributed by atoms with Crippen LogP contribution in [0, 0.1) is 0 Å². The van der Waals surface area contributed by atoms with Crippen molar-refractivity contribution in [2.24, 2.45) is 0 Å². The molecule has 0 saturated carbocycles. The molecule has 0 N–H and O–H groups in total. The summed E-state index contributed by atoms with van der Waals surface area (Å²) in [5.74, 6) is 0. The Morgan fingerprint density at radius 3 is 2.55 bits per heavy atom. The average Bonchev–Trinajstić information content (AvgIpc) is 2.31. The average molecular weight is 156 g/mol. The molecular formula is C8H13FN2. The third-order valence-corrected chi connectivity index (χ3v) is 1.60. The minimum absolute atomic E-state index is 0.0252. The van der Waals surface area contributed by atoms with Gasteiger partial charge in [-0.05, 0) is 6.07 Å². The van der Waals surface area contributed by atoms with Gasteiger partial charge in [-0.2, -0.15) is 5.10 Å². The van der Waals surface area contributed by atoms with E-state index in [-0.39, 0.29) is 5.41 Å². The van der Waals surface area contributed by atoms with Gasteiger partial charge in [0.1, 0.15) is 0 Å². The Labute approximate surface area is 66.0 Å². The van der Waals surface area contributed by atoms with Crippen LogP contribution in [0.4, 0.5) is 4.39 Å². The number of rotatable bonds is 1. The molecule has 0 spiro atoms. The highest BCUT2D eigenvalue weighted by molar-refractivity contribution is 5.11. The molecule has 1 heterocycles. The van der Waals surface area contributed by atoms with Gasteiger partial charge in [0.2, 0.25) is 0 Å². The van der Waals surface area contributed by atoms with Gasteiger partial charge in [0.25, 0.3) is 0 Å². The van der Waals surface area contributed by atoms with Crippen molar-refractivity contribution in [1.29, 1.82) is 0 Å². The third-order valence-electron chi connectivity index (χ3n) is 1.60. The van der Waals surface area contributed by atoms with E-state index in [2.05, 4.69) is 5.10 Å². The molecule has 3 heteroatoms. The van der Waals surface area contributed by atoms with E-state index in [4.69, 9.17) is 0 Å². The number of aromatic nitrogens is 2. The van der Waals surface area contributed by atoms with Gasteiger partial charge < -0.3 is 0 Å². The van der Waals surface area contributed by atoms with Crippen LogP contribution in [0.1, 0.15) is 26.5 Å². The maximum Gasteiger partial charge on any atom is 0.181 e. The molecule has 0 amide bonds. The van der Waals surface area contributed by atoms with Crippen LogP contribution < -0.4 is 0 Å². The Bertz CT molecular complexity index is 234. The van der Waals surface area contributed by atoms with Crippen molar-refractivity contribution in [3.8, 4) is 0 Å². The molecule has 0 fully saturated rings. The molecule has 0 unspecified atom stereocenters. The minimum Gasteiger partial charge on any atom is -0.238 e. The zero-order valence-electron chi connectivity index (χ0n) is 7.13. The van der Waals surface area contributed by atoms with Gasteiger partial charge in [0.05, 0.1) is 0 Å². The Hall–Kier alpha value is -0.860. The van der Waals surface area contributed by atoms with E-state index in [1.807, 2.05) is 26.8 Å². The lowest BCUT2D eigenvalue weighted by Crippen LogP contribution is -2.17. The fraction of sp³-hybridized carbons (Fsp3) is 0.625. The summed E-state index contributed by atoms with van der Waals surface area (Å²) < 4.78 is 13.6. The van der Waals surface area contributed by atoms with E-state index in [9.17, 15) is 4.39 Å². The maximum atomic E-state index is 12.2. The molecule has 2 nitrogen and oxygen atoms in total. The zero-order chi connectivity index (χ0) is 8.48. The first kappa shape index (κ1) is 8.24. The lowest BCUT2D eigenvalue weighted by Gasteiger charge is -2.18. The predicted molar refractivity (Wildman–Crippen MR) is 42.0 cm³/mol. The van der Waals surface area contributed by atoms with Crippen LogP contribution in [-0.2, 0) is 12.2 Å². The second kappa shape index (κ2) is 2.64. The molecular weight excluding hydrogens is 143 g/mol. The molecule has 1 rings (SSSR count). The van der Waals surface area contributed by atoms with Crippen molar-refractivity contribution in [2.45, 2.75) is 33.0 Å². The molecule has 0 radical (unpaired) electrons. The number of hydrogen-bond donors (Lipinski definition) is 0. The summed E-state index contributed by atoms with van der Waals surface area (Å²) in [5.41, 5.74) is 0.905. The van der Waals surface area contributed by atoms with E-state index in [0.717, 1.165) is 5.69 Å². The Kier molecular flexibility index (Phi) is 1.98. The van der Waals surface area contributed by atoms with Gasteiger partial charge >= 0.3 is 0 Å². The van der Waals surface area contributed by atoms with Crippen LogP contribution in [0.3, 0.4) is 0 Å². The topological polar surface area (TPSA) is 17.8 Å². The van der Waals surface area contributed by atoms with Crippen LogP contribution in [0.15, 0.2) is 12.3 Å². The van der Waals surface area contributed by atoms with Crippen LogP contribution >= 0.6 is 0 Å². The van der Waals surface area contributed by atoms with Crippen molar-refractivity contribution < 1.29 is 4.39 Å². The highest BCUT2D eigenvalue weighted by atomic mass is 19.1. The molecule has 0 atom stereocenters. The number of halogens is 1. The molecule has 1 aromatic rings. The molecule has 0 aliphatic carbocycles. The third kappa shape index (κ3) is 1.59. The standard InChI is InChI=1S/C8H13FN2/c1-8(2,3)7-4-5-10-11(7)6-9/h4-5H,6H2,1-3H3. The van der Waals surface area contributed by atoms with E-state index >= 15 is 0 Å². The Morgan fingerprint density at radius 1 is 1.55 bits per heavy atom. The van der Waals surface area contributed by atoms with Crippen molar-refractivity contribution in [2.75, 3.05) is 0 Å². The molecule has 62 valence electrons. The van der Waals surface area contributed by atoms with Gasteiger partial charge in [-0.15, -0.1) is 0 Å². The van der Waals surface area contributed by atoms with Crippen LogP contribution in [-0.4, -0.2) is 9.78 Å². The van der Waals surface area contributed by atoms with Crippen molar-refractivity contribution in [3.63, 3.8) is 0 Å². The summed E-state index contributed by atoms with van der Waals surface area (Å²) in [6.45, 7) is 5.57. The predicted octanol–water partition coefficient (Wildman–Crippen LogP) is 2.11. The second-order valence-electron chi connectivity index (χ2n) is 3.59. The molecule has 0 aliphatic heterocycles. The Balaban J connectivity index is 3.02. The lowest BCUT2D eigenvalue weighted by molar-refractivity contribution is 0.326. The molecule has 11 heavy (non-hydrogen) atoms. The van der Waals surface area contributed by atoms with E-state index < -0.39 is 6.80 Å². The summed E-state index contributed by atoms with van der Waals surface area (Å²) in [4.78, 5) is 0. The first-order valence-corrected chi connectivity index (χ1v) is 3.64. The fourth-order valence-corrected chi connectivity index (χ4v) is 1.07. The first-order valence-electron chi connectivity index (χ1n) is 3.64. The van der Waals surface area contributed by atoms with Gasteiger partial charge in [-0.3, -0.25) is 0 Å². The minimum atomic E-state index is -0.542. The molecule has 0 saturated heterocycles. The van der Waals surface area contributed by atoms with Gasteiger partial charge in [0.15, 0.2) is 6.80 Å². The van der Waals surface area contributed by atoms with Gasteiger partial charge in [-0.1, -0.05) is 20.8 Å². The highest BCUT2D eigenvalue weighted by Crippen LogP contribution is 2.21. The van der Waals surface area contributed by atoms with E-state index in [1.54, 1.807) is 6.20 Å². The van der Waals surface area contributed by atoms with Crippen LogP contribution in [0.5, 0.6) is 0 Å². The summed E-state index contributed by atoms with van der Waals surface area (Å²) in [6, 6.07) is 1.85. The quantitative estimate of drug-likeness (QED) is 0.609. The molecule has 0 aliphatic rings. The summed E-state index contributed by atoms with van der Waals surface area (Å²) in [6.07, 6.45) is 1.63. The zero-order valence-corrected chi connectivity index (χ0v) is 7.13. The lowest BCUT2D eigenvalue weighted by atomic mass is 9.92. The maximum absolute atomic E-state index is 12.2. The number of hydrogen-bond acceptors (Lipinski definition) is 1. The van der Waals surface area contributed by atoms with Crippen molar-refractivity contribution in [3.05, 3.63) is 18.0 Å². The molecule has 0 aromatic carbocycles. The van der Waals surface area contributed by atoms with Crippen LogP contribution in [0.2, 0.25) is 0 Å². The van der Waals surface area contributed by atoms with Gasteiger partial charge in [0, 0.05) is 17.3 Å². The first-order chi connectivity index (χ1) is 5.05. The van der Waals surface area contributed by atoms with Crippen LogP contribution in [0.25, 0.3) is 0 Å². The summed E-state index contributed by atoms with van der Waals surface area (Å²) in [7, 11) is 0. The fourth-order valence-electron chi connectivity index (χ4n) is 1.07. The smallest absolute Gasteiger partial charge is 0.181 e. The van der Waals surface area contributed by atoms with E-state index in [0.29, 0.717) is 0 Å².